The van der Waals surface area contributed by atoms with Gasteiger partial charge in [-0.2, -0.15) is 4.31 Å². The fraction of sp³-hybridized carbons (Fsp3) is 0.333. The molecule has 25 heavy (non-hydrogen) atoms. The van der Waals surface area contributed by atoms with Gasteiger partial charge in [0.25, 0.3) is 0 Å². The smallest absolute Gasteiger partial charge is 0.244 e. The highest BCUT2D eigenvalue weighted by molar-refractivity contribution is 9.10. The van der Waals surface area contributed by atoms with Gasteiger partial charge in [0.1, 0.15) is 13.2 Å². The van der Waals surface area contributed by atoms with Crippen LogP contribution in [0.2, 0.25) is 0 Å². The maximum Gasteiger partial charge on any atom is 0.244 e. The lowest BCUT2D eigenvalue weighted by molar-refractivity contribution is 0.171. The average Bonchev–Trinajstić information content (AvgIpc) is 3.12. The van der Waals surface area contributed by atoms with E-state index in [1.807, 2.05) is 24.3 Å². The summed E-state index contributed by atoms with van der Waals surface area (Å²) >= 11 is 3.36. The Morgan fingerprint density at radius 3 is 2.60 bits per heavy atom. The van der Waals surface area contributed by atoms with Crippen LogP contribution < -0.4 is 9.47 Å². The summed E-state index contributed by atoms with van der Waals surface area (Å²) in [5, 5.41) is 0. The number of halogens is 1. The van der Waals surface area contributed by atoms with Gasteiger partial charge >= 0.3 is 0 Å². The molecule has 0 amide bonds. The van der Waals surface area contributed by atoms with Crippen molar-refractivity contribution in [2.45, 2.75) is 23.8 Å². The monoisotopic (exact) mass is 423 g/mol. The summed E-state index contributed by atoms with van der Waals surface area (Å²) < 4.78 is 39.7. The van der Waals surface area contributed by atoms with Crippen molar-refractivity contribution in [3.8, 4) is 11.5 Å². The van der Waals surface area contributed by atoms with Gasteiger partial charge in [0, 0.05) is 11.0 Å². The van der Waals surface area contributed by atoms with E-state index in [4.69, 9.17) is 9.47 Å². The zero-order chi connectivity index (χ0) is 17.4. The summed E-state index contributed by atoms with van der Waals surface area (Å²) in [6.07, 6.45) is 1.63. The van der Waals surface area contributed by atoms with Gasteiger partial charge < -0.3 is 9.47 Å². The number of hydrogen-bond acceptors (Lipinski definition) is 4. The summed E-state index contributed by atoms with van der Waals surface area (Å²) in [6, 6.07) is 12.5. The predicted molar refractivity (Wildman–Crippen MR) is 97.4 cm³/mol. The van der Waals surface area contributed by atoms with Crippen molar-refractivity contribution in [2.75, 3.05) is 19.8 Å². The number of rotatable bonds is 3. The average molecular weight is 424 g/mol. The lowest BCUT2D eigenvalue weighted by Crippen LogP contribution is -2.31. The molecular formula is C18H18BrNO4S. The van der Waals surface area contributed by atoms with Gasteiger partial charge in [0.05, 0.1) is 10.9 Å². The second-order valence-electron chi connectivity index (χ2n) is 6.11. The first-order chi connectivity index (χ1) is 12.1. The Hall–Kier alpha value is -1.57. The number of sulfonamides is 1. The van der Waals surface area contributed by atoms with Crippen LogP contribution in [0.15, 0.2) is 51.8 Å². The van der Waals surface area contributed by atoms with E-state index in [0.717, 1.165) is 18.4 Å². The molecule has 2 aliphatic heterocycles. The molecule has 7 heteroatoms. The van der Waals surface area contributed by atoms with Crippen molar-refractivity contribution < 1.29 is 17.9 Å². The molecule has 0 aliphatic carbocycles. The minimum absolute atomic E-state index is 0.187. The third-order valence-electron chi connectivity index (χ3n) is 4.58. The van der Waals surface area contributed by atoms with E-state index >= 15 is 0 Å². The van der Waals surface area contributed by atoms with Crippen LogP contribution in [0, 0.1) is 0 Å². The van der Waals surface area contributed by atoms with Crippen LogP contribution in [0.25, 0.3) is 0 Å². The largest absolute Gasteiger partial charge is 0.486 e. The van der Waals surface area contributed by atoms with Crippen molar-refractivity contribution in [1.82, 2.24) is 4.31 Å². The van der Waals surface area contributed by atoms with Gasteiger partial charge in [-0.05, 0) is 58.6 Å². The van der Waals surface area contributed by atoms with Crippen molar-refractivity contribution >= 4 is 26.0 Å². The molecule has 0 spiro atoms. The fourth-order valence-corrected chi connectivity index (χ4v) is 6.06. The van der Waals surface area contributed by atoms with Gasteiger partial charge in [-0.3, -0.25) is 0 Å². The predicted octanol–water partition coefficient (Wildman–Crippen LogP) is 3.75. The summed E-state index contributed by atoms with van der Waals surface area (Å²) in [5.41, 5.74) is 0.942. The van der Waals surface area contributed by atoms with Crippen LogP contribution in [0.1, 0.15) is 24.4 Å². The highest BCUT2D eigenvalue weighted by atomic mass is 79.9. The van der Waals surface area contributed by atoms with Gasteiger partial charge in [-0.15, -0.1) is 0 Å². The Morgan fingerprint density at radius 1 is 1.04 bits per heavy atom. The Morgan fingerprint density at radius 2 is 1.80 bits per heavy atom. The first-order valence-corrected chi connectivity index (χ1v) is 10.5. The van der Waals surface area contributed by atoms with Crippen LogP contribution in [0.3, 0.4) is 0 Å². The molecule has 2 heterocycles. The number of hydrogen-bond donors (Lipinski definition) is 0. The SMILES string of the molecule is O=S(=O)(c1ccccc1Br)N1CCC[C@H]1c1ccc2c(c1)OCCO2. The maximum absolute atomic E-state index is 13.2. The van der Waals surface area contributed by atoms with Gasteiger partial charge in [0.2, 0.25) is 10.0 Å². The lowest BCUT2D eigenvalue weighted by Gasteiger charge is -2.26. The van der Waals surface area contributed by atoms with Crippen LogP contribution >= 0.6 is 15.9 Å². The standard InChI is InChI=1S/C18H18BrNO4S/c19-14-4-1-2-6-18(14)25(21,22)20-9-3-5-15(20)13-7-8-16-17(12-13)24-11-10-23-16/h1-2,4,6-8,12,15H,3,5,9-11H2/t15-/m0/s1. The summed E-state index contributed by atoms with van der Waals surface area (Å²) in [5.74, 6) is 1.40. The molecule has 0 N–H and O–H groups in total. The van der Waals surface area contributed by atoms with E-state index in [2.05, 4.69) is 15.9 Å². The van der Waals surface area contributed by atoms with Crippen molar-refractivity contribution in [3.05, 3.63) is 52.5 Å². The van der Waals surface area contributed by atoms with Crippen LogP contribution in [0.4, 0.5) is 0 Å². The quantitative estimate of drug-likeness (QED) is 0.754. The minimum Gasteiger partial charge on any atom is -0.486 e. The zero-order valence-corrected chi connectivity index (χ0v) is 15.9. The second-order valence-corrected chi connectivity index (χ2v) is 8.82. The Balaban J connectivity index is 1.70. The van der Waals surface area contributed by atoms with E-state index in [1.165, 1.54) is 0 Å². The lowest BCUT2D eigenvalue weighted by atomic mass is 10.0. The van der Waals surface area contributed by atoms with Crippen LogP contribution in [-0.4, -0.2) is 32.5 Å². The molecule has 0 bridgehead atoms. The van der Waals surface area contributed by atoms with E-state index in [0.29, 0.717) is 40.6 Å². The Bertz CT molecular complexity index is 900. The molecule has 4 rings (SSSR count). The van der Waals surface area contributed by atoms with E-state index in [9.17, 15) is 8.42 Å². The van der Waals surface area contributed by atoms with Crippen molar-refractivity contribution in [2.24, 2.45) is 0 Å². The van der Waals surface area contributed by atoms with E-state index in [1.54, 1.807) is 22.5 Å². The summed E-state index contributed by atoms with van der Waals surface area (Å²) in [7, 11) is -3.57. The molecule has 1 fully saturated rings. The minimum atomic E-state index is -3.57. The fourth-order valence-electron chi connectivity index (χ4n) is 3.41. The molecular weight excluding hydrogens is 406 g/mol. The van der Waals surface area contributed by atoms with Gasteiger partial charge in [-0.25, -0.2) is 8.42 Å². The Kier molecular flexibility index (Phi) is 4.47. The first kappa shape index (κ1) is 16.9. The molecule has 132 valence electrons. The molecule has 0 aromatic heterocycles. The molecule has 2 aliphatic rings. The molecule has 0 radical (unpaired) electrons. The molecule has 1 atom stereocenters. The first-order valence-electron chi connectivity index (χ1n) is 8.23. The zero-order valence-electron chi connectivity index (χ0n) is 13.5. The van der Waals surface area contributed by atoms with E-state index < -0.39 is 10.0 Å². The summed E-state index contributed by atoms with van der Waals surface area (Å²) in [6.45, 7) is 1.57. The second kappa shape index (κ2) is 6.63. The van der Waals surface area contributed by atoms with Crippen molar-refractivity contribution in [1.29, 1.82) is 0 Å². The maximum atomic E-state index is 13.2. The van der Waals surface area contributed by atoms with Gasteiger partial charge in [0.15, 0.2) is 11.5 Å². The number of nitrogens with zero attached hydrogens (tertiary/aromatic N) is 1. The molecule has 2 aromatic carbocycles. The molecule has 0 unspecified atom stereocenters. The molecule has 0 saturated carbocycles. The van der Waals surface area contributed by atoms with Crippen LogP contribution in [0.5, 0.6) is 11.5 Å². The third kappa shape index (κ3) is 3.05. The molecule has 2 aromatic rings. The highest BCUT2D eigenvalue weighted by Gasteiger charge is 2.37. The third-order valence-corrected chi connectivity index (χ3v) is 7.50. The molecule has 1 saturated heterocycles. The van der Waals surface area contributed by atoms with E-state index in [-0.39, 0.29) is 6.04 Å². The van der Waals surface area contributed by atoms with Crippen LogP contribution in [-0.2, 0) is 10.0 Å². The Labute approximate surface area is 155 Å². The normalized spacial score (nSPS) is 20.6. The number of benzene rings is 2. The molecule has 5 nitrogen and oxygen atoms in total. The summed E-state index contributed by atoms with van der Waals surface area (Å²) in [4.78, 5) is 0.305. The van der Waals surface area contributed by atoms with Gasteiger partial charge in [-0.1, -0.05) is 18.2 Å². The number of fused-ring (bicyclic) bond motifs is 1. The van der Waals surface area contributed by atoms with Crippen molar-refractivity contribution in [3.63, 3.8) is 0 Å². The highest BCUT2D eigenvalue weighted by Crippen LogP contribution is 2.41. The topological polar surface area (TPSA) is 55.8 Å². The number of ether oxygens (including phenoxy) is 2.